The van der Waals surface area contributed by atoms with Gasteiger partial charge < -0.3 is 15.1 Å². The molecule has 0 saturated heterocycles. The number of fused-ring (bicyclic) bond motifs is 1. The van der Waals surface area contributed by atoms with Gasteiger partial charge in [0.15, 0.2) is 5.76 Å². The molecule has 23 heavy (non-hydrogen) atoms. The maximum absolute atomic E-state index is 12.0. The van der Waals surface area contributed by atoms with Crippen molar-refractivity contribution in [2.75, 3.05) is 11.9 Å². The number of hydrogen-bond acceptors (Lipinski definition) is 4. The van der Waals surface area contributed by atoms with Crippen molar-refractivity contribution in [2.45, 2.75) is 6.42 Å². The second-order valence-corrected chi connectivity index (χ2v) is 4.92. The van der Waals surface area contributed by atoms with Gasteiger partial charge in [0.25, 0.3) is 5.91 Å². The normalized spacial score (nSPS) is 10.4. The Morgan fingerprint density at radius 1 is 1.09 bits per heavy atom. The minimum absolute atomic E-state index is 0.155. The Kier molecular flexibility index (Phi) is 4.33. The molecule has 3 rings (SSSR count). The summed E-state index contributed by atoms with van der Waals surface area (Å²) >= 11 is 0. The third-order valence-corrected chi connectivity index (χ3v) is 3.22. The number of anilines is 1. The lowest BCUT2D eigenvalue weighted by atomic mass is 10.2. The maximum Gasteiger partial charge on any atom is 0.287 e. The molecule has 2 amide bonds. The molecule has 0 atom stereocenters. The average molecular weight is 309 g/mol. The summed E-state index contributed by atoms with van der Waals surface area (Å²) in [4.78, 5) is 27.8. The highest BCUT2D eigenvalue weighted by Crippen LogP contribution is 2.18. The average Bonchev–Trinajstić information content (AvgIpc) is 3.00. The van der Waals surface area contributed by atoms with E-state index in [0.717, 1.165) is 5.39 Å². The lowest BCUT2D eigenvalue weighted by molar-refractivity contribution is -0.116. The van der Waals surface area contributed by atoms with Gasteiger partial charge in [0.1, 0.15) is 11.4 Å². The van der Waals surface area contributed by atoms with E-state index >= 15 is 0 Å². The SMILES string of the molecule is O=C(CCNC(=O)c1cc2ccccc2o1)Nc1ccccn1. The first-order valence-electron chi connectivity index (χ1n) is 7.20. The Morgan fingerprint density at radius 3 is 2.70 bits per heavy atom. The van der Waals surface area contributed by atoms with Crippen LogP contribution in [-0.2, 0) is 4.79 Å². The molecule has 6 heteroatoms. The molecule has 2 N–H and O–H groups in total. The lowest BCUT2D eigenvalue weighted by Gasteiger charge is -2.04. The summed E-state index contributed by atoms with van der Waals surface area (Å²) in [7, 11) is 0. The molecule has 2 aromatic heterocycles. The summed E-state index contributed by atoms with van der Waals surface area (Å²) in [5.74, 6) is 0.165. The molecule has 3 aromatic rings. The third kappa shape index (κ3) is 3.74. The van der Waals surface area contributed by atoms with Crippen molar-refractivity contribution >= 4 is 28.6 Å². The fourth-order valence-corrected chi connectivity index (χ4v) is 2.11. The van der Waals surface area contributed by atoms with Crippen LogP contribution in [0.5, 0.6) is 0 Å². The number of pyridine rings is 1. The van der Waals surface area contributed by atoms with Crippen molar-refractivity contribution in [3.05, 3.63) is 60.5 Å². The van der Waals surface area contributed by atoms with Crippen molar-refractivity contribution in [1.29, 1.82) is 0 Å². The number of furan rings is 1. The van der Waals surface area contributed by atoms with E-state index in [0.29, 0.717) is 11.4 Å². The Balaban J connectivity index is 1.50. The summed E-state index contributed by atoms with van der Waals surface area (Å²) in [6.45, 7) is 0.217. The molecule has 2 heterocycles. The summed E-state index contributed by atoms with van der Waals surface area (Å²) in [6, 6.07) is 14.3. The first kappa shape index (κ1) is 14.8. The highest BCUT2D eigenvalue weighted by Gasteiger charge is 2.12. The minimum Gasteiger partial charge on any atom is -0.451 e. The van der Waals surface area contributed by atoms with Gasteiger partial charge in [-0.15, -0.1) is 0 Å². The lowest BCUT2D eigenvalue weighted by Crippen LogP contribution is -2.27. The van der Waals surface area contributed by atoms with E-state index in [1.807, 2.05) is 18.2 Å². The molecule has 6 nitrogen and oxygen atoms in total. The van der Waals surface area contributed by atoms with Crippen LogP contribution in [0.15, 0.2) is 59.1 Å². The van der Waals surface area contributed by atoms with Gasteiger partial charge in [-0.25, -0.2) is 4.98 Å². The van der Waals surface area contributed by atoms with E-state index in [1.165, 1.54) is 0 Å². The van der Waals surface area contributed by atoms with Crippen LogP contribution in [0.2, 0.25) is 0 Å². The second kappa shape index (κ2) is 6.74. The van der Waals surface area contributed by atoms with Crippen LogP contribution >= 0.6 is 0 Å². The van der Waals surface area contributed by atoms with E-state index in [1.54, 1.807) is 36.5 Å². The van der Waals surface area contributed by atoms with Gasteiger partial charge in [-0.05, 0) is 24.3 Å². The number of carbonyl (C=O) groups excluding carboxylic acids is 2. The smallest absolute Gasteiger partial charge is 0.287 e. The summed E-state index contributed by atoms with van der Waals surface area (Å²) in [6.07, 6.45) is 1.75. The Labute approximate surface area is 132 Å². The summed E-state index contributed by atoms with van der Waals surface area (Å²) in [5.41, 5.74) is 0.658. The van der Waals surface area contributed by atoms with Crippen molar-refractivity contribution in [1.82, 2.24) is 10.3 Å². The van der Waals surface area contributed by atoms with Crippen LogP contribution in [0, 0.1) is 0 Å². The molecule has 0 bridgehead atoms. The van der Waals surface area contributed by atoms with Gasteiger partial charge >= 0.3 is 0 Å². The fourth-order valence-electron chi connectivity index (χ4n) is 2.11. The van der Waals surface area contributed by atoms with Crippen molar-refractivity contribution in [2.24, 2.45) is 0 Å². The monoisotopic (exact) mass is 309 g/mol. The zero-order chi connectivity index (χ0) is 16.1. The van der Waals surface area contributed by atoms with Crippen molar-refractivity contribution < 1.29 is 14.0 Å². The fraction of sp³-hybridized carbons (Fsp3) is 0.118. The highest BCUT2D eigenvalue weighted by molar-refractivity contribution is 5.96. The first-order chi connectivity index (χ1) is 11.2. The standard InChI is InChI=1S/C17H15N3O3/c21-16(20-15-7-3-4-9-18-15)8-10-19-17(22)14-11-12-5-1-2-6-13(12)23-14/h1-7,9,11H,8,10H2,(H,19,22)(H,18,20,21). The van der Waals surface area contributed by atoms with Gasteiger partial charge in [-0.1, -0.05) is 24.3 Å². The molecule has 0 aliphatic rings. The molecular weight excluding hydrogens is 294 g/mol. The van der Waals surface area contributed by atoms with Crippen LogP contribution in [0.4, 0.5) is 5.82 Å². The van der Waals surface area contributed by atoms with E-state index in [9.17, 15) is 9.59 Å². The van der Waals surface area contributed by atoms with Crippen LogP contribution < -0.4 is 10.6 Å². The predicted octanol–water partition coefficient (Wildman–Crippen LogP) is 2.59. The Bertz CT molecular complexity index is 794. The van der Waals surface area contributed by atoms with Gasteiger partial charge in [0.05, 0.1) is 0 Å². The van der Waals surface area contributed by atoms with Crippen molar-refractivity contribution in [3.63, 3.8) is 0 Å². The first-order valence-corrected chi connectivity index (χ1v) is 7.20. The number of benzene rings is 1. The number of para-hydroxylation sites is 1. The summed E-state index contributed by atoms with van der Waals surface area (Å²) in [5, 5.41) is 6.18. The molecule has 0 fully saturated rings. The molecule has 1 aromatic carbocycles. The molecular formula is C17H15N3O3. The number of rotatable bonds is 5. The molecule has 0 radical (unpaired) electrons. The molecule has 0 unspecified atom stereocenters. The van der Waals surface area contributed by atoms with E-state index < -0.39 is 0 Å². The van der Waals surface area contributed by atoms with Crippen LogP contribution in [0.3, 0.4) is 0 Å². The van der Waals surface area contributed by atoms with Gasteiger partial charge in [0.2, 0.25) is 5.91 Å². The minimum atomic E-state index is -0.341. The third-order valence-electron chi connectivity index (χ3n) is 3.22. The van der Waals surface area contributed by atoms with Crippen LogP contribution in [0.25, 0.3) is 11.0 Å². The second-order valence-electron chi connectivity index (χ2n) is 4.92. The van der Waals surface area contributed by atoms with E-state index in [-0.39, 0.29) is 30.5 Å². The Hall–Kier alpha value is -3.15. The number of nitrogens with one attached hydrogen (secondary N) is 2. The van der Waals surface area contributed by atoms with Crippen molar-refractivity contribution in [3.8, 4) is 0 Å². The van der Waals surface area contributed by atoms with Gasteiger partial charge in [-0.2, -0.15) is 0 Å². The number of amides is 2. The zero-order valence-electron chi connectivity index (χ0n) is 12.3. The van der Waals surface area contributed by atoms with E-state index in [2.05, 4.69) is 15.6 Å². The van der Waals surface area contributed by atoms with Crippen LogP contribution in [0.1, 0.15) is 17.0 Å². The molecule has 0 aliphatic carbocycles. The highest BCUT2D eigenvalue weighted by atomic mass is 16.3. The van der Waals surface area contributed by atoms with Crippen LogP contribution in [-0.4, -0.2) is 23.3 Å². The largest absolute Gasteiger partial charge is 0.451 e. The molecule has 0 spiro atoms. The maximum atomic E-state index is 12.0. The summed E-state index contributed by atoms with van der Waals surface area (Å²) < 4.78 is 5.46. The van der Waals surface area contributed by atoms with Gasteiger partial charge in [0, 0.05) is 24.5 Å². The molecule has 116 valence electrons. The quantitative estimate of drug-likeness (QED) is 0.758. The molecule has 0 aliphatic heterocycles. The number of nitrogens with zero attached hydrogens (tertiary/aromatic N) is 1. The topological polar surface area (TPSA) is 84.2 Å². The number of aromatic nitrogens is 1. The molecule has 0 saturated carbocycles. The Morgan fingerprint density at radius 2 is 1.91 bits per heavy atom. The van der Waals surface area contributed by atoms with Gasteiger partial charge in [-0.3, -0.25) is 9.59 Å². The number of carbonyl (C=O) groups is 2. The number of hydrogen-bond donors (Lipinski definition) is 2. The van der Waals surface area contributed by atoms with E-state index in [4.69, 9.17) is 4.42 Å². The predicted molar refractivity (Wildman–Crippen MR) is 86.0 cm³/mol. The zero-order valence-corrected chi connectivity index (χ0v) is 12.3.